The van der Waals surface area contributed by atoms with E-state index in [2.05, 4.69) is 14.8 Å². The predicted octanol–water partition coefficient (Wildman–Crippen LogP) is 2.03. The number of benzene rings is 1. The van der Waals surface area contributed by atoms with Gasteiger partial charge in [0.1, 0.15) is 5.82 Å². The molecule has 6 nitrogen and oxygen atoms in total. The number of nitrogens with zero attached hydrogens (tertiary/aromatic N) is 3. The fraction of sp³-hybridized carbons (Fsp3) is 0.588. The fourth-order valence-corrected chi connectivity index (χ4v) is 3.02. The fourth-order valence-electron chi connectivity index (χ4n) is 3.02. The van der Waals surface area contributed by atoms with Crippen LogP contribution in [0.15, 0.2) is 29.3 Å². The van der Waals surface area contributed by atoms with Crippen LogP contribution in [0.25, 0.3) is 0 Å². The van der Waals surface area contributed by atoms with Crippen LogP contribution < -0.4 is 10.6 Å². The predicted molar refractivity (Wildman–Crippen MR) is 107 cm³/mol. The van der Waals surface area contributed by atoms with Crippen LogP contribution in [-0.2, 0) is 9.47 Å². The number of aliphatic imine (C=N–C) groups is 1. The van der Waals surface area contributed by atoms with E-state index < -0.39 is 5.79 Å². The van der Waals surface area contributed by atoms with Gasteiger partial charge in [0, 0.05) is 44.8 Å². The number of halogens is 2. The Kier molecular flexibility index (Phi) is 7.26. The number of hydrogen-bond acceptors (Lipinski definition) is 4. The molecule has 2 fully saturated rings. The first-order valence-electron chi connectivity index (χ1n) is 8.39. The first-order valence-corrected chi connectivity index (χ1v) is 8.39. The number of nitrogens with two attached hydrogens (primary N) is 1. The van der Waals surface area contributed by atoms with Crippen molar-refractivity contribution in [3.05, 3.63) is 30.1 Å². The van der Waals surface area contributed by atoms with Crippen molar-refractivity contribution in [2.24, 2.45) is 10.7 Å². The molecule has 2 saturated heterocycles. The maximum absolute atomic E-state index is 13.0. The standard InChI is InChI=1S/C17H25FN4O2.HI/c1-17(23-12-13-24-17)6-7-20-16(19)22-10-8-21(9-11-22)15-4-2-14(18)3-5-15;/h2-5H,6-13H2,1H3,(H2,19,20);1H. The van der Waals surface area contributed by atoms with Gasteiger partial charge in [-0.2, -0.15) is 0 Å². The molecule has 8 heteroatoms. The Hall–Kier alpha value is -1.13. The quantitative estimate of drug-likeness (QED) is 0.420. The first kappa shape index (κ1) is 20.2. The lowest BCUT2D eigenvalue weighted by Crippen LogP contribution is -2.51. The van der Waals surface area contributed by atoms with Crippen molar-refractivity contribution in [3.8, 4) is 0 Å². The maximum Gasteiger partial charge on any atom is 0.191 e. The molecule has 0 unspecified atom stereocenters. The summed E-state index contributed by atoms with van der Waals surface area (Å²) in [5.41, 5.74) is 7.14. The molecular weight excluding hydrogens is 438 g/mol. The van der Waals surface area contributed by atoms with Gasteiger partial charge < -0.3 is 25.0 Å². The van der Waals surface area contributed by atoms with Crippen LogP contribution in [0.2, 0.25) is 0 Å². The number of piperazine rings is 1. The Morgan fingerprint density at radius 2 is 1.76 bits per heavy atom. The van der Waals surface area contributed by atoms with Gasteiger partial charge in [0.2, 0.25) is 0 Å². The van der Waals surface area contributed by atoms with Gasteiger partial charge in [0.05, 0.1) is 13.2 Å². The van der Waals surface area contributed by atoms with Gasteiger partial charge in [-0.3, -0.25) is 4.99 Å². The van der Waals surface area contributed by atoms with Crippen molar-refractivity contribution in [1.82, 2.24) is 4.90 Å². The molecule has 3 rings (SSSR count). The van der Waals surface area contributed by atoms with E-state index >= 15 is 0 Å². The van der Waals surface area contributed by atoms with E-state index in [0.29, 0.717) is 32.1 Å². The number of hydrogen-bond donors (Lipinski definition) is 1. The van der Waals surface area contributed by atoms with Crippen molar-refractivity contribution in [1.29, 1.82) is 0 Å². The normalized spacial score (nSPS) is 20.5. The van der Waals surface area contributed by atoms with Gasteiger partial charge in [-0.15, -0.1) is 24.0 Å². The lowest BCUT2D eigenvalue weighted by molar-refractivity contribution is -0.144. The molecule has 2 aliphatic rings. The zero-order chi connectivity index (χ0) is 17.0. The van der Waals surface area contributed by atoms with E-state index in [1.165, 1.54) is 12.1 Å². The van der Waals surface area contributed by atoms with Crippen LogP contribution in [0.5, 0.6) is 0 Å². The Labute approximate surface area is 165 Å². The molecule has 1 aromatic carbocycles. The van der Waals surface area contributed by atoms with Crippen molar-refractivity contribution >= 4 is 35.6 Å². The molecule has 0 aliphatic carbocycles. The Bertz CT molecular complexity index is 571. The molecule has 0 saturated carbocycles. The van der Waals surface area contributed by atoms with E-state index in [1.54, 1.807) is 0 Å². The molecule has 0 spiro atoms. The Morgan fingerprint density at radius 3 is 2.36 bits per heavy atom. The number of rotatable bonds is 4. The maximum atomic E-state index is 13.0. The molecular formula is C17H26FIN4O2. The summed E-state index contributed by atoms with van der Waals surface area (Å²) in [4.78, 5) is 8.77. The molecule has 0 radical (unpaired) electrons. The van der Waals surface area contributed by atoms with Crippen LogP contribution in [0, 0.1) is 5.82 Å². The summed E-state index contributed by atoms with van der Waals surface area (Å²) in [6.45, 7) is 7.08. The second kappa shape index (κ2) is 9.00. The minimum absolute atomic E-state index is 0. The molecule has 0 atom stereocenters. The van der Waals surface area contributed by atoms with Gasteiger partial charge in [-0.1, -0.05) is 0 Å². The molecule has 2 aliphatic heterocycles. The first-order chi connectivity index (χ1) is 11.6. The van der Waals surface area contributed by atoms with Crippen LogP contribution in [-0.4, -0.2) is 62.6 Å². The van der Waals surface area contributed by atoms with Gasteiger partial charge >= 0.3 is 0 Å². The molecule has 2 heterocycles. The summed E-state index contributed by atoms with van der Waals surface area (Å²) < 4.78 is 24.1. The van der Waals surface area contributed by atoms with Crippen LogP contribution in [0.1, 0.15) is 13.3 Å². The summed E-state index contributed by atoms with van der Waals surface area (Å²) in [5, 5.41) is 0. The average Bonchev–Trinajstić information content (AvgIpc) is 3.02. The second-order valence-electron chi connectivity index (χ2n) is 6.27. The molecule has 2 N–H and O–H groups in total. The Balaban J connectivity index is 0.00000225. The SMILES string of the molecule is CC1(CCN=C(N)N2CCN(c3ccc(F)cc3)CC2)OCCO1.I. The third kappa shape index (κ3) is 5.42. The highest BCUT2D eigenvalue weighted by molar-refractivity contribution is 14.0. The van der Waals surface area contributed by atoms with Crippen molar-refractivity contribution in [2.75, 3.05) is 50.8 Å². The van der Waals surface area contributed by atoms with Crippen LogP contribution in [0.3, 0.4) is 0 Å². The van der Waals surface area contributed by atoms with Gasteiger partial charge in [0.15, 0.2) is 11.7 Å². The summed E-state index contributed by atoms with van der Waals surface area (Å²) >= 11 is 0. The van der Waals surface area contributed by atoms with E-state index in [9.17, 15) is 4.39 Å². The van der Waals surface area contributed by atoms with E-state index in [4.69, 9.17) is 15.2 Å². The lowest BCUT2D eigenvalue weighted by atomic mass is 10.2. The van der Waals surface area contributed by atoms with E-state index in [0.717, 1.165) is 31.9 Å². The molecule has 0 amide bonds. The smallest absolute Gasteiger partial charge is 0.191 e. The topological polar surface area (TPSA) is 63.3 Å². The molecule has 0 aromatic heterocycles. The van der Waals surface area contributed by atoms with Gasteiger partial charge in [-0.25, -0.2) is 4.39 Å². The zero-order valence-corrected chi connectivity index (χ0v) is 16.8. The summed E-state index contributed by atoms with van der Waals surface area (Å²) in [6.07, 6.45) is 0.698. The van der Waals surface area contributed by atoms with Crippen molar-refractivity contribution in [2.45, 2.75) is 19.1 Å². The highest BCUT2D eigenvalue weighted by Crippen LogP contribution is 2.22. The minimum atomic E-state index is -0.523. The highest BCUT2D eigenvalue weighted by atomic mass is 127. The highest BCUT2D eigenvalue weighted by Gasteiger charge is 2.30. The largest absolute Gasteiger partial charge is 0.370 e. The van der Waals surface area contributed by atoms with Gasteiger partial charge in [0.25, 0.3) is 0 Å². The van der Waals surface area contributed by atoms with Crippen LogP contribution >= 0.6 is 24.0 Å². The second-order valence-corrected chi connectivity index (χ2v) is 6.27. The van der Waals surface area contributed by atoms with E-state index in [1.807, 2.05) is 19.1 Å². The summed E-state index contributed by atoms with van der Waals surface area (Å²) in [5.74, 6) is -0.168. The third-order valence-corrected chi connectivity index (χ3v) is 4.53. The third-order valence-electron chi connectivity index (χ3n) is 4.53. The van der Waals surface area contributed by atoms with Gasteiger partial charge in [-0.05, 0) is 31.2 Å². The van der Waals surface area contributed by atoms with Crippen LogP contribution in [0.4, 0.5) is 10.1 Å². The van der Waals surface area contributed by atoms with Crippen molar-refractivity contribution in [3.63, 3.8) is 0 Å². The average molecular weight is 464 g/mol. The minimum Gasteiger partial charge on any atom is -0.370 e. The molecule has 140 valence electrons. The molecule has 0 bridgehead atoms. The molecule has 1 aromatic rings. The number of anilines is 1. The zero-order valence-electron chi connectivity index (χ0n) is 14.5. The molecule has 25 heavy (non-hydrogen) atoms. The number of ether oxygens (including phenoxy) is 2. The summed E-state index contributed by atoms with van der Waals surface area (Å²) in [7, 11) is 0. The van der Waals surface area contributed by atoms with Crippen molar-refractivity contribution < 1.29 is 13.9 Å². The monoisotopic (exact) mass is 464 g/mol. The van der Waals surface area contributed by atoms with E-state index in [-0.39, 0.29) is 29.8 Å². The summed E-state index contributed by atoms with van der Waals surface area (Å²) in [6, 6.07) is 6.60. The lowest BCUT2D eigenvalue weighted by Gasteiger charge is -2.36. The Morgan fingerprint density at radius 1 is 1.16 bits per heavy atom. The number of guanidine groups is 1.